The second-order valence-electron chi connectivity index (χ2n) is 9.03. The Balaban J connectivity index is 2.03. The Morgan fingerprint density at radius 2 is 1.63 bits per heavy atom. The summed E-state index contributed by atoms with van der Waals surface area (Å²) in [7, 11) is -4.08. The molecule has 2 amide bonds. The summed E-state index contributed by atoms with van der Waals surface area (Å²) in [4.78, 5) is 28.6. The summed E-state index contributed by atoms with van der Waals surface area (Å²) in [5.74, 6) is -0.724. The van der Waals surface area contributed by atoms with Crippen LogP contribution >= 0.6 is 15.9 Å². The van der Waals surface area contributed by atoms with Gasteiger partial charge in [-0.15, -0.1) is 0 Å². The van der Waals surface area contributed by atoms with Crippen LogP contribution in [0.5, 0.6) is 0 Å². The van der Waals surface area contributed by atoms with Gasteiger partial charge < -0.3 is 10.2 Å². The van der Waals surface area contributed by atoms with E-state index < -0.39 is 28.5 Å². The third-order valence-corrected chi connectivity index (χ3v) is 8.40. The van der Waals surface area contributed by atoms with Crippen LogP contribution in [0.2, 0.25) is 0 Å². The van der Waals surface area contributed by atoms with Gasteiger partial charge in [-0.25, -0.2) is 8.42 Å². The lowest BCUT2D eigenvalue weighted by atomic mass is 10.1. The van der Waals surface area contributed by atoms with Crippen molar-refractivity contribution >= 4 is 43.5 Å². The van der Waals surface area contributed by atoms with Gasteiger partial charge in [0.05, 0.1) is 10.6 Å². The largest absolute Gasteiger partial charge is 0.354 e. The molecule has 9 heteroatoms. The molecule has 3 rings (SSSR count). The second kappa shape index (κ2) is 13.6. The van der Waals surface area contributed by atoms with Crippen molar-refractivity contribution in [3.8, 4) is 0 Å². The summed E-state index contributed by atoms with van der Waals surface area (Å²) in [5.41, 5.74) is 2.27. The van der Waals surface area contributed by atoms with Crippen LogP contribution in [-0.2, 0) is 26.2 Å². The van der Waals surface area contributed by atoms with Crippen molar-refractivity contribution < 1.29 is 18.0 Å². The third kappa shape index (κ3) is 7.45. The van der Waals surface area contributed by atoms with Gasteiger partial charge in [0.1, 0.15) is 12.6 Å². The van der Waals surface area contributed by atoms with Gasteiger partial charge in [-0.05, 0) is 55.7 Å². The smallest absolute Gasteiger partial charge is 0.264 e. The zero-order valence-electron chi connectivity index (χ0n) is 21.9. The summed E-state index contributed by atoms with van der Waals surface area (Å²) in [6.07, 6.45) is 1.15. The molecule has 0 aromatic heterocycles. The first kappa shape index (κ1) is 29.4. The Bertz CT molecular complexity index is 1330. The molecular formula is C29H34BrN3O4S. The highest BCUT2D eigenvalue weighted by Gasteiger charge is 2.33. The van der Waals surface area contributed by atoms with Crippen molar-refractivity contribution in [2.75, 3.05) is 17.4 Å². The fourth-order valence-electron chi connectivity index (χ4n) is 4.06. The Morgan fingerprint density at radius 3 is 2.24 bits per heavy atom. The molecule has 0 unspecified atom stereocenters. The van der Waals surface area contributed by atoms with Gasteiger partial charge in [-0.3, -0.25) is 13.9 Å². The number of aryl methyl sites for hydroxylation is 1. The Hall–Kier alpha value is -3.17. The molecule has 0 spiro atoms. The Labute approximate surface area is 234 Å². The van der Waals surface area contributed by atoms with E-state index in [1.54, 1.807) is 42.5 Å². The maximum Gasteiger partial charge on any atom is 0.264 e. The summed E-state index contributed by atoms with van der Waals surface area (Å²) >= 11 is 3.41. The quantitative estimate of drug-likeness (QED) is 0.306. The number of carbonyl (C=O) groups is 2. The van der Waals surface area contributed by atoms with Gasteiger partial charge in [0.25, 0.3) is 10.0 Å². The van der Waals surface area contributed by atoms with Crippen LogP contribution in [0.1, 0.15) is 37.8 Å². The van der Waals surface area contributed by atoms with Crippen molar-refractivity contribution in [2.45, 2.75) is 51.1 Å². The number of nitrogens with zero attached hydrogens (tertiary/aromatic N) is 2. The van der Waals surface area contributed by atoms with Crippen molar-refractivity contribution in [1.29, 1.82) is 0 Å². The van der Waals surface area contributed by atoms with E-state index in [2.05, 4.69) is 21.2 Å². The maximum atomic E-state index is 14.0. The minimum atomic E-state index is -4.08. The number of amides is 2. The number of nitrogens with one attached hydrogen (secondary N) is 1. The van der Waals surface area contributed by atoms with Gasteiger partial charge in [-0.1, -0.05) is 83.9 Å². The lowest BCUT2D eigenvalue weighted by Gasteiger charge is -2.33. The summed E-state index contributed by atoms with van der Waals surface area (Å²) in [6.45, 7) is 5.99. The first-order chi connectivity index (χ1) is 18.2. The van der Waals surface area contributed by atoms with Crippen LogP contribution in [0, 0.1) is 6.92 Å². The number of halogens is 1. The molecule has 3 aromatic rings. The average Bonchev–Trinajstić information content (AvgIpc) is 2.91. The van der Waals surface area contributed by atoms with E-state index >= 15 is 0 Å². The van der Waals surface area contributed by atoms with Crippen molar-refractivity contribution in [3.63, 3.8) is 0 Å². The molecule has 1 N–H and O–H groups in total. The lowest BCUT2D eigenvalue weighted by Crippen LogP contribution is -2.52. The molecular weight excluding hydrogens is 566 g/mol. The topological polar surface area (TPSA) is 86.8 Å². The van der Waals surface area contributed by atoms with Crippen LogP contribution in [0.15, 0.2) is 88.2 Å². The Morgan fingerprint density at radius 1 is 0.947 bits per heavy atom. The lowest BCUT2D eigenvalue weighted by molar-refractivity contribution is -0.140. The van der Waals surface area contributed by atoms with E-state index in [1.165, 1.54) is 17.0 Å². The predicted molar refractivity (Wildman–Crippen MR) is 154 cm³/mol. The zero-order valence-corrected chi connectivity index (χ0v) is 24.3. The molecule has 0 aliphatic carbocycles. The fraction of sp³-hybridized carbons (Fsp3) is 0.310. The first-order valence-electron chi connectivity index (χ1n) is 12.6. The number of anilines is 1. The SMILES string of the molecule is CCCNC(=O)[C@H](CC)N(Cc1ccc(C)cc1)C(=O)CN(c1cccc(Br)c1)S(=O)(=O)c1ccccc1. The molecule has 0 bridgehead atoms. The molecule has 0 heterocycles. The van der Waals surface area contributed by atoms with E-state index in [0.717, 1.165) is 21.9 Å². The Kier molecular flexibility index (Phi) is 10.5. The maximum absolute atomic E-state index is 14.0. The highest BCUT2D eigenvalue weighted by atomic mass is 79.9. The van der Waals surface area contributed by atoms with Crippen molar-refractivity contribution in [3.05, 3.63) is 94.5 Å². The van der Waals surface area contributed by atoms with E-state index in [-0.39, 0.29) is 17.3 Å². The number of carbonyl (C=O) groups excluding carboxylic acids is 2. The fourth-order valence-corrected chi connectivity index (χ4v) is 5.87. The van der Waals surface area contributed by atoms with Gasteiger partial charge in [0, 0.05) is 17.6 Å². The van der Waals surface area contributed by atoms with E-state index in [4.69, 9.17) is 0 Å². The normalized spacial score (nSPS) is 12.0. The monoisotopic (exact) mass is 599 g/mol. The zero-order chi connectivity index (χ0) is 27.7. The summed E-state index contributed by atoms with van der Waals surface area (Å²) < 4.78 is 29.3. The molecule has 3 aromatic carbocycles. The molecule has 0 saturated carbocycles. The van der Waals surface area contributed by atoms with Crippen LogP contribution in [0.25, 0.3) is 0 Å². The molecule has 0 aliphatic heterocycles. The summed E-state index contributed by atoms with van der Waals surface area (Å²) in [6, 6.07) is 21.8. The standard InChI is InChI=1S/C29H34BrN3O4S/c1-4-18-31-29(35)27(5-2)32(20-23-16-14-22(3)15-17-23)28(34)21-33(25-11-9-10-24(30)19-25)38(36,37)26-12-7-6-8-13-26/h6-17,19,27H,4-5,18,20-21H2,1-3H3,(H,31,35)/t27-/m0/s1. The second-order valence-corrected chi connectivity index (χ2v) is 11.8. The molecule has 0 radical (unpaired) electrons. The number of benzene rings is 3. The van der Waals surface area contributed by atoms with E-state index in [1.807, 2.05) is 45.0 Å². The minimum absolute atomic E-state index is 0.0746. The minimum Gasteiger partial charge on any atom is -0.354 e. The molecule has 1 atom stereocenters. The number of hydrogen-bond donors (Lipinski definition) is 1. The third-order valence-electron chi connectivity index (χ3n) is 6.11. The van der Waals surface area contributed by atoms with Gasteiger partial charge in [0.15, 0.2) is 0 Å². The van der Waals surface area contributed by atoms with Gasteiger partial charge >= 0.3 is 0 Å². The number of rotatable bonds is 12. The number of sulfonamides is 1. The van der Waals surface area contributed by atoms with Crippen molar-refractivity contribution in [1.82, 2.24) is 10.2 Å². The van der Waals surface area contributed by atoms with Crippen molar-refractivity contribution in [2.24, 2.45) is 0 Å². The summed E-state index contributed by atoms with van der Waals surface area (Å²) in [5, 5.41) is 2.89. The highest BCUT2D eigenvalue weighted by Crippen LogP contribution is 2.27. The molecule has 0 aliphatic rings. The number of hydrogen-bond acceptors (Lipinski definition) is 4. The first-order valence-corrected chi connectivity index (χ1v) is 14.9. The molecule has 0 fully saturated rings. The van der Waals surface area contributed by atoms with Gasteiger partial charge in [0.2, 0.25) is 11.8 Å². The molecule has 0 saturated heterocycles. The highest BCUT2D eigenvalue weighted by molar-refractivity contribution is 9.10. The van der Waals surface area contributed by atoms with Gasteiger partial charge in [-0.2, -0.15) is 0 Å². The van der Waals surface area contributed by atoms with E-state index in [0.29, 0.717) is 23.1 Å². The molecule has 202 valence electrons. The van der Waals surface area contributed by atoms with Crippen LogP contribution in [0.3, 0.4) is 0 Å². The molecule has 7 nitrogen and oxygen atoms in total. The van der Waals surface area contributed by atoms with Crippen LogP contribution < -0.4 is 9.62 Å². The van der Waals surface area contributed by atoms with Crippen LogP contribution in [-0.4, -0.2) is 44.3 Å². The average molecular weight is 601 g/mol. The van der Waals surface area contributed by atoms with Crippen LogP contribution in [0.4, 0.5) is 5.69 Å². The predicted octanol–water partition coefficient (Wildman–Crippen LogP) is 5.29. The molecule has 38 heavy (non-hydrogen) atoms. The van der Waals surface area contributed by atoms with E-state index in [9.17, 15) is 18.0 Å².